The Morgan fingerprint density at radius 3 is 2.46 bits per heavy atom. The summed E-state index contributed by atoms with van der Waals surface area (Å²) in [6.07, 6.45) is -0.00768. The van der Waals surface area contributed by atoms with E-state index in [2.05, 4.69) is 4.98 Å². The number of hydrogen-bond donors (Lipinski definition) is 0. The zero-order valence-electron chi connectivity index (χ0n) is 13.2. The van der Waals surface area contributed by atoms with Gasteiger partial charge in [0.25, 0.3) is 0 Å². The van der Waals surface area contributed by atoms with E-state index in [0.29, 0.717) is 29.5 Å². The van der Waals surface area contributed by atoms with Crippen molar-refractivity contribution in [2.24, 2.45) is 0 Å². The maximum Gasteiger partial charge on any atom is 0.313 e. The van der Waals surface area contributed by atoms with Crippen LogP contribution >= 0.6 is 0 Å². The molecule has 0 saturated heterocycles. The molecule has 0 fully saturated rings. The molecule has 0 amide bonds. The average Bonchev–Trinajstić information content (AvgIpc) is 3.00. The van der Waals surface area contributed by atoms with E-state index in [1.54, 1.807) is 19.1 Å². The van der Waals surface area contributed by atoms with Gasteiger partial charge >= 0.3 is 5.97 Å². The molecular formula is C19H16FNO3. The molecule has 2 aromatic carbocycles. The summed E-state index contributed by atoms with van der Waals surface area (Å²) in [6, 6.07) is 15.3. The third-order valence-electron chi connectivity index (χ3n) is 3.45. The number of ether oxygens (including phenoxy) is 1. The van der Waals surface area contributed by atoms with Gasteiger partial charge in [-0.3, -0.25) is 4.79 Å². The predicted octanol–water partition coefficient (Wildman–Crippen LogP) is 4.25. The molecule has 1 aromatic heterocycles. The summed E-state index contributed by atoms with van der Waals surface area (Å²) >= 11 is 0. The number of halogens is 1. The summed E-state index contributed by atoms with van der Waals surface area (Å²) in [5.74, 6) is 0.0592. The molecule has 0 unspecified atom stereocenters. The summed E-state index contributed by atoms with van der Waals surface area (Å²) in [4.78, 5) is 16.3. The van der Waals surface area contributed by atoms with Gasteiger partial charge in [-0.1, -0.05) is 30.3 Å². The first-order chi connectivity index (χ1) is 11.7. The highest BCUT2D eigenvalue weighted by Gasteiger charge is 2.19. The molecule has 0 aliphatic carbocycles. The van der Waals surface area contributed by atoms with Crippen molar-refractivity contribution < 1.29 is 18.3 Å². The largest absolute Gasteiger partial charge is 0.466 e. The molecule has 0 aliphatic heterocycles. The Hall–Kier alpha value is -2.95. The topological polar surface area (TPSA) is 52.3 Å². The van der Waals surface area contributed by atoms with Crippen LogP contribution in [0, 0.1) is 5.82 Å². The maximum atomic E-state index is 13.1. The van der Waals surface area contributed by atoms with Crippen LogP contribution in [-0.2, 0) is 16.0 Å². The number of aromatic nitrogens is 1. The average molecular weight is 325 g/mol. The zero-order valence-corrected chi connectivity index (χ0v) is 13.2. The number of oxazole rings is 1. The van der Waals surface area contributed by atoms with Crippen LogP contribution in [0.3, 0.4) is 0 Å². The molecular weight excluding hydrogens is 309 g/mol. The van der Waals surface area contributed by atoms with Crippen molar-refractivity contribution in [2.75, 3.05) is 6.61 Å². The molecule has 0 aliphatic rings. The van der Waals surface area contributed by atoms with E-state index in [0.717, 1.165) is 5.56 Å². The minimum absolute atomic E-state index is 0.00768. The Morgan fingerprint density at radius 2 is 1.79 bits per heavy atom. The van der Waals surface area contributed by atoms with Gasteiger partial charge < -0.3 is 9.15 Å². The predicted molar refractivity (Wildman–Crippen MR) is 87.7 cm³/mol. The first-order valence-electron chi connectivity index (χ1n) is 7.64. The second kappa shape index (κ2) is 7.08. The molecule has 0 atom stereocenters. The minimum atomic E-state index is -0.378. The smallest absolute Gasteiger partial charge is 0.313 e. The normalized spacial score (nSPS) is 10.6. The van der Waals surface area contributed by atoms with Crippen LogP contribution in [0.1, 0.15) is 12.7 Å². The number of esters is 1. The highest BCUT2D eigenvalue weighted by molar-refractivity contribution is 5.76. The molecule has 0 bridgehead atoms. The number of benzene rings is 2. The lowest BCUT2D eigenvalue weighted by molar-refractivity contribution is -0.142. The molecule has 3 rings (SSSR count). The lowest BCUT2D eigenvalue weighted by atomic mass is 10.1. The third kappa shape index (κ3) is 3.51. The van der Waals surface area contributed by atoms with E-state index in [4.69, 9.17) is 9.15 Å². The van der Waals surface area contributed by atoms with Crippen molar-refractivity contribution in [3.8, 4) is 22.7 Å². The van der Waals surface area contributed by atoms with Crippen molar-refractivity contribution in [2.45, 2.75) is 13.3 Å². The SMILES string of the molecule is CCOC(=O)Cc1oc(-c2ccc(F)cc2)nc1-c1ccccc1. The molecule has 0 spiro atoms. The zero-order chi connectivity index (χ0) is 16.9. The van der Waals surface area contributed by atoms with Crippen molar-refractivity contribution in [3.63, 3.8) is 0 Å². The molecule has 122 valence electrons. The van der Waals surface area contributed by atoms with E-state index in [-0.39, 0.29) is 18.2 Å². The number of hydrogen-bond acceptors (Lipinski definition) is 4. The monoisotopic (exact) mass is 325 g/mol. The second-order valence-corrected chi connectivity index (χ2v) is 5.15. The molecule has 5 heteroatoms. The summed E-state index contributed by atoms with van der Waals surface area (Å²) in [6.45, 7) is 2.05. The second-order valence-electron chi connectivity index (χ2n) is 5.15. The van der Waals surface area contributed by atoms with Gasteiger partial charge in [-0.05, 0) is 31.2 Å². The fourth-order valence-electron chi connectivity index (χ4n) is 2.35. The molecule has 0 saturated carbocycles. The molecule has 0 radical (unpaired) electrons. The van der Waals surface area contributed by atoms with Gasteiger partial charge in [0.15, 0.2) is 0 Å². The Labute approximate surface area is 138 Å². The highest BCUT2D eigenvalue weighted by atomic mass is 19.1. The molecule has 24 heavy (non-hydrogen) atoms. The molecule has 1 heterocycles. The first-order valence-corrected chi connectivity index (χ1v) is 7.64. The lowest BCUT2D eigenvalue weighted by Crippen LogP contribution is -2.07. The fraction of sp³-hybridized carbons (Fsp3) is 0.158. The molecule has 0 N–H and O–H groups in total. The summed E-state index contributed by atoms with van der Waals surface area (Å²) in [5.41, 5.74) is 2.07. The Balaban J connectivity index is 2.01. The Morgan fingerprint density at radius 1 is 1.08 bits per heavy atom. The van der Waals surface area contributed by atoms with Crippen LogP contribution in [0.4, 0.5) is 4.39 Å². The van der Waals surface area contributed by atoms with Crippen LogP contribution in [0.2, 0.25) is 0 Å². The van der Waals surface area contributed by atoms with Gasteiger partial charge in [-0.15, -0.1) is 0 Å². The van der Waals surface area contributed by atoms with Crippen LogP contribution in [0.15, 0.2) is 59.0 Å². The van der Waals surface area contributed by atoms with Crippen molar-refractivity contribution in [1.29, 1.82) is 0 Å². The van der Waals surface area contributed by atoms with E-state index in [1.165, 1.54) is 12.1 Å². The fourth-order valence-corrected chi connectivity index (χ4v) is 2.35. The van der Waals surface area contributed by atoms with E-state index in [9.17, 15) is 9.18 Å². The van der Waals surface area contributed by atoms with Crippen LogP contribution in [-0.4, -0.2) is 17.6 Å². The third-order valence-corrected chi connectivity index (χ3v) is 3.45. The van der Waals surface area contributed by atoms with Crippen molar-refractivity contribution in [3.05, 3.63) is 66.2 Å². The quantitative estimate of drug-likeness (QED) is 0.658. The summed E-state index contributed by atoms with van der Waals surface area (Å²) in [7, 11) is 0. The Kier molecular flexibility index (Phi) is 4.70. The van der Waals surface area contributed by atoms with E-state index < -0.39 is 0 Å². The van der Waals surface area contributed by atoms with Crippen molar-refractivity contribution in [1.82, 2.24) is 4.98 Å². The van der Waals surface area contributed by atoms with E-state index in [1.807, 2.05) is 30.3 Å². The lowest BCUT2D eigenvalue weighted by Gasteiger charge is -2.01. The molecule has 4 nitrogen and oxygen atoms in total. The number of carbonyl (C=O) groups is 1. The van der Waals surface area contributed by atoms with Gasteiger partial charge in [-0.2, -0.15) is 0 Å². The standard InChI is InChI=1S/C19H16FNO3/c1-2-23-17(22)12-16-18(13-6-4-3-5-7-13)21-19(24-16)14-8-10-15(20)11-9-14/h3-11H,2,12H2,1H3. The van der Waals surface area contributed by atoms with Gasteiger partial charge in [0, 0.05) is 11.1 Å². The van der Waals surface area contributed by atoms with Crippen LogP contribution < -0.4 is 0 Å². The summed E-state index contributed by atoms with van der Waals surface area (Å²) < 4.78 is 23.9. The minimum Gasteiger partial charge on any atom is -0.466 e. The van der Waals surface area contributed by atoms with Crippen LogP contribution in [0.5, 0.6) is 0 Å². The van der Waals surface area contributed by atoms with Gasteiger partial charge in [0.05, 0.1) is 6.61 Å². The maximum absolute atomic E-state index is 13.1. The molecule has 3 aromatic rings. The van der Waals surface area contributed by atoms with E-state index >= 15 is 0 Å². The number of rotatable bonds is 5. The number of nitrogens with zero attached hydrogens (tertiary/aromatic N) is 1. The number of carbonyl (C=O) groups excluding carboxylic acids is 1. The van der Waals surface area contributed by atoms with Gasteiger partial charge in [-0.25, -0.2) is 9.37 Å². The first kappa shape index (κ1) is 15.9. The highest BCUT2D eigenvalue weighted by Crippen LogP contribution is 2.29. The van der Waals surface area contributed by atoms with Crippen LogP contribution in [0.25, 0.3) is 22.7 Å². The Bertz CT molecular complexity index is 826. The van der Waals surface area contributed by atoms with Gasteiger partial charge in [0.2, 0.25) is 5.89 Å². The van der Waals surface area contributed by atoms with Gasteiger partial charge in [0.1, 0.15) is 23.7 Å². The summed E-state index contributed by atoms with van der Waals surface area (Å²) in [5, 5.41) is 0. The van der Waals surface area contributed by atoms with Crippen molar-refractivity contribution >= 4 is 5.97 Å².